The number of nitrogens with one attached hydrogen (secondary N) is 2. The van der Waals surface area contributed by atoms with E-state index >= 15 is 0 Å². The Morgan fingerprint density at radius 3 is 2.33 bits per heavy atom. The number of esters is 1. The van der Waals surface area contributed by atoms with Crippen LogP contribution in [-0.4, -0.2) is 46.9 Å². The van der Waals surface area contributed by atoms with Gasteiger partial charge in [-0.1, -0.05) is 18.2 Å². The molecule has 0 saturated carbocycles. The molecule has 0 aromatic heterocycles. The molecular weight excluding hydrogens is 412 g/mol. The molecule has 162 valence electrons. The van der Waals surface area contributed by atoms with E-state index in [1.165, 1.54) is 33.3 Å². The van der Waals surface area contributed by atoms with Crippen LogP contribution in [0, 0.1) is 0 Å². The minimum atomic E-state index is -3.58. The number of anilines is 1. The van der Waals surface area contributed by atoms with Crippen molar-refractivity contribution in [3.8, 4) is 11.5 Å². The van der Waals surface area contributed by atoms with E-state index in [9.17, 15) is 18.0 Å². The zero-order chi connectivity index (χ0) is 22.3. The van der Waals surface area contributed by atoms with Crippen molar-refractivity contribution in [3.05, 3.63) is 53.6 Å². The number of carbonyl (C=O) groups is 2. The van der Waals surface area contributed by atoms with Gasteiger partial charge in [0.25, 0.3) is 5.91 Å². The summed E-state index contributed by atoms with van der Waals surface area (Å²) in [6.45, 7) is 1.61. The molecule has 2 aromatic carbocycles. The highest BCUT2D eigenvalue weighted by molar-refractivity contribution is 7.92. The van der Waals surface area contributed by atoms with E-state index in [4.69, 9.17) is 14.2 Å². The van der Waals surface area contributed by atoms with Crippen molar-refractivity contribution in [2.24, 2.45) is 0 Å². The molecule has 0 spiro atoms. The van der Waals surface area contributed by atoms with Crippen LogP contribution < -0.4 is 19.5 Å². The molecule has 30 heavy (non-hydrogen) atoms. The van der Waals surface area contributed by atoms with Gasteiger partial charge in [-0.2, -0.15) is 0 Å². The zero-order valence-corrected chi connectivity index (χ0v) is 17.9. The molecule has 10 heteroatoms. The number of sulfonamides is 1. The van der Waals surface area contributed by atoms with Crippen LogP contribution in [0.15, 0.2) is 42.5 Å². The van der Waals surface area contributed by atoms with Gasteiger partial charge in [-0.15, -0.1) is 0 Å². The number of rotatable bonds is 9. The lowest BCUT2D eigenvalue weighted by Gasteiger charge is -2.16. The topological polar surface area (TPSA) is 120 Å². The first-order chi connectivity index (χ1) is 14.1. The first-order valence-electron chi connectivity index (χ1n) is 8.91. The quantitative estimate of drug-likeness (QED) is 0.576. The molecule has 0 radical (unpaired) electrons. The third-order valence-electron chi connectivity index (χ3n) is 4.01. The number of hydrogen-bond donors (Lipinski definition) is 2. The van der Waals surface area contributed by atoms with Crippen LogP contribution in [0.3, 0.4) is 0 Å². The zero-order valence-electron chi connectivity index (χ0n) is 17.1. The van der Waals surface area contributed by atoms with Crippen molar-refractivity contribution in [3.63, 3.8) is 0 Å². The molecule has 9 nitrogen and oxygen atoms in total. The molecule has 2 aromatic rings. The minimum absolute atomic E-state index is 0.00228. The summed E-state index contributed by atoms with van der Waals surface area (Å²) in [7, 11) is -0.546. The molecule has 1 atom stereocenters. The van der Waals surface area contributed by atoms with Crippen LogP contribution in [-0.2, 0) is 26.1 Å². The maximum Gasteiger partial charge on any atom is 0.341 e. The van der Waals surface area contributed by atoms with E-state index in [1.54, 1.807) is 30.3 Å². The van der Waals surface area contributed by atoms with Gasteiger partial charge in [-0.25, -0.2) is 13.2 Å². The summed E-state index contributed by atoms with van der Waals surface area (Å²) in [5.74, 6) is -0.239. The number of hydrogen-bond acceptors (Lipinski definition) is 7. The largest absolute Gasteiger partial charge is 0.493 e. The first kappa shape index (κ1) is 23.0. The van der Waals surface area contributed by atoms with Crippen molar-refractivity contribution in [1.29, 1.82) is 0 Å². The molecule has 0 heterocycles. The molecule has 1 amide bonds. The Morgan fingerprint density at radius 1 is 1.03 bits per heavy atom. The van der Waals surface area contributed by atoms with Crippen molar-refractivity contribution < 1.29 is 32.2 Å². The summed E-state index contributed by atoms with van der Waals surface area (Å²) in [5.41, 5.74) is 0.840. The Hall–Kier alpha value is -3.27. The summed E-state index contributed by atoms with van der Waals surface area (Å²) < 4.78 is 40.8. The van der Waals surface area contributed by atoms with E-state index in [-0.39, 0.29) is 17.8 Å². The fourth-order valence-electron chi connectivity index (χ4n) is 2.55. The lowest BCUT2D eigenvalue weighted by atomic mass is 10.2. The van der Waals surface area contributed by atoms with Crippen LogP contribution in [0.4, 0.5) is 5.69 Å². The molecule has 0 bridgehead atoms. The monoisotopic (exact) mass is 436 g/mol. The minimum Gasteiger partial charge on any atom is -0.493 e. The molecule has 0 aliphatic rings. The third-order valence-corrected chi connectivity index (χ3v) is 4.60. The van der Waals surface area contributed by atoms with E-state index < -0.39 is 28.0 Å². The summed E-state index contributed by atoms with van der Waals surface area (Å²) >= 11 is 0. The van der Waals surface area contributed by atoms with Gasteiger partial charge < -0.3 is 19.5 Å². The van der Waals surface area contributed by atoms with E-state index in [0.717, 1.165) is 11.8 Å². The predicted octanol–water partition coefficient (Wildman–Crippen LogP) is 1.94. The maximum absolute atomic E-state index is 12.4. The van der Waals surface area contributed by atoms with Gasteiger partial charge in [0.05, 0.1) is 31.7 Å². The summed E-state index contributed by atoms with van der Waals surface area (Å²) in [4.78, 5) is 24.7. The normalized spacial score (nSPS) is 11.9. The summed E-state index contributed by atoms with van der Waals surface area (Å²) in [5, 5.41) is 2.67. The number of methoxy groups -OCH3 is 2. The standard InChI is InChI=1S/C20H24N2O7S/c1-13(19(23)21-12-14-9-10-17(27-2)18(11-14)28-3)29-20(24)15-7-5-6-8-16(15)22-30(4,25)26/h5-11,13,22H,12H2,1-4H3,(H,21,23). The Morgan fingerprint density at radius 2 is 1.70 bits per heavy atom. The average Bonchev–Trinajstić information content (AvgIpc) is 2.70. The molecule has 0 aliphatic carbocycles. The molecular formula is C20H24N2O7S. The lowest BCUT2D eigenvalue weighted by Crippen LogP contribution is -2.35. The van der Waals surface area contributed by atoms with Gasteiger partial charge in [-0.3, -0.25) is 9.52 Å². The highest BCUT2D eigenvalue weighted by Crippen LogP contribution is 2.27. The van der Waals surface area contributed by atoms with Crippen LogP contribution >= 0.6 is 0 Å². The van der Waals surface area contributed by atoms with Crippen molar-refractivity contribution in [2.45, 2.75) is 19.6 Å². The highest BCUT2D eigenvalue weighted by atomic mass is 32.2. The molecule has 0 fully saturated rings. The van der Waals surface area contributed by atoms with Crippen LogP contribution in [0.1, 0.15) is 22.8 Å². The molecule has 0 aliphatic heterocycles. The smallest absolute Gasteiger partial charge is 0.341 e. The van der Waals surface area contributed by atoms with Gasteiger partial charge in [-0.05, 0) is 36.8 Å². The van der Waals surface area contributed by atoms with Crippen molar-refractivity contribution >= 4 is 27.6 Å². The maximum atomic E-state index is 12.4. The first-order valence-corrected chi connectivity index (χ1v) is 10.8. The van der Waals surface area contributed by atoms with Crippen molar-refractivity contribution in [1.82, 2.24) is 5.32 Å². The fraction of sp³-hybridized carbons (Fsp3) is 0.300. The van der Waals surface area contributed by atoms with Gasteiger partial charge in [0.2, 0.25) is 10.0 Å². The van der Waals surface area contributed by atoms with Crippen LogP contribution in [0.25, 0.3) is 0 Å². The Labute approximate surface area is 175 Å². The molecule has 2 N–H and O–H groups in total. The predicted molar refractivity (Wildman–Crippen MR) is 111 cm³/mol. The molecule has 1 unspecified atom stereocenters. The second kappa shape index (κ2) is 9.97. The van der Waals surface area contributed by atoms with E-state index in [1.807, 2.05) is 0 Å². The van der Waals surface area contributed by atoms with Gasteiger partial charge in [0.1, 0.15) is 0 Å². The summed E-state index contributed by atoms with van der Waals surface area (Å²) in [6, 6.07) is 11.2. The Balaban J connectivity index is 2.00. The number of carbonyl (C=O) groups excluding carboxylic acids is 2. The Bertz CT molecular complexity index is 1020. The third kappa shape index (κ3) is 6.38. The second-order valence-corrected chi connectivity index (χ2v) is 8.12. The highest BCUT2D eigenvalue weighted by Gasteiger charge is 2.21. The van der Waals surface area contributed by atoms with Gasteiger partial charge >= 0.3 is 5.97 Å². The average molecular weight is 436 g/mol. The van der Waals surface area contributed by atoms with E-state index in [2.05, 4.69) is 10.0 Å². The Kier molecular flexibility index (Phi) is 7.65. The van der Waals surface area contributed by atoms with Gasteiger partial charge in [0, 0.05) is 6.54 Å². The number of amides is 1. The fourth-order valence-corrected chi connectivity index (χ4v) is 3.13. The van der Waals surface area contributed by atoms with Gasteiger partial charge in [0.15, 0.2) is 17.6 Å². The molecule has 2 rings (SSSR count). The number of para-hydroxylation sites is 1. The number of ether oxygens (including phenoxy) is 3. The molecule has 0 saturated heterocycles. The summed E-state index contributed by atoms with van der Waals surface area (Å²) in [6.07, 6.45) is -0.122. The number of benzene rings is 2. The second-order valence-electron chi connectivity index (χ2n) is 6.37. The lowest BCUT2D eigenvalue weighted by molar-refractivity contribution is -0.129. The van der Waals surface area contributed by atoms with Crippen LogP contribution in [0.2, 0.25) is 0 Å². The van der Waals surface area contributed by atoms with E-state index in [0.29, 0.717) is 11.5 Å². The van der Waals surface area contributed by atoms with Crippen LogP contribution in [0.5, 0.6) is 11.5 Å². The SMILES string of the molecule is COc1ccc(CNC(=O)C(C)OC(=O)c2ccccc2NS(C)(=O)=O)cc1OC. The van der Waals surface area contributed by atoms with Crippen molar-refractivity contribution in [2.75, 3.05) is 25.2 Å².